The van der Waals surface area contributed by atoms with Crippen LogP contribution in [0.4, 0.5) is 18.9 Å². The number of nitrogens with one attached hydrogen (secondary N) is 1. The molecule has 2 rings (SSSR count). The van der Waals surface area contributed by atoms with Crippen LogP contribution >= 0.6 is 27.5 Å². The van der Waals surface area contributed by atoms with Crippen molar-refractivity contribution >= 4 is 33.2 Å². The summed E-state index contributed by atoms with van der Waals surface area (Å²) in [7, 11) is 0. The van der Waals surface area contributed by atoms with E-state index in [2.05, 4.69) is 21.2 Å². The van der Waals surface area contributed by atoms with Crippen molar-refractivity contribution in [2.75, 3.05) is 5.32 Å². The van der Waals surface area contributed by atoms with Gasteiger partial charge in [0.2, 0.25) is 0 Å². The Kier molecular flexibility index (Phi) is 4.60. The number of halogens is 5. The molecule has 1 N–H and O–H groups in total. The lowest BCUT2D eigenvalue weighted by atomic mass is 10.1. The lowest BCUT2D eigenvalue weighted by Crippen LogP contribution is -2.11. The van der Waals surface area contributed by atoms with Crippen LogP contribution in [0.3, 0.4) is 0 Å². The highest BCUT2D eigenvalue weighted by molar-refractivity contribution is 9.10. The number of benzene rings is 2. The molecule has 0 aliphatic carbocycles. The standard InChI is InChI=1S/C14H10BrClF3N/c15-10-5-6-12(16)13(7-10)20-8-9-3-1-2-4-11(9)14(17,18)19/h1-7,20H,8H2. The first-order chi connectivity index (χ1) is 9.38. The van der Waals surface area contributed by atoms with E-state index in [1.807, 2.05) is 0 Å². The van der Waals surface area contributed by atoms with E-state index in [-0.39, 0.29) is 12.1 Å². The highest BCUT2D eigenvalue weighted by Crippen LogP contribution is 2.33. The average molecular weight is 365 g/mol. The molecule has 0 heterocycles. The summed E-state index contributed by atoms with van der Waals surface area (Å²) in [6.07, 6.45) is -4.36. The minimum atomic E-state index is -4.36. The van der Waals surface area contributed by atoms with E-state index in [0.717, 1.165) is 10.5 Å². The molecule has 20 heavy (non-hydrogen) atoms. The van der Waals surface area contributed by atoms with Crippen molar-refractivity contribution in [3.8, 4) is 0 Å². The second-order valence-electron chi connectivity index (χ2n) is 4.13. The quantitative estimate of drug-likeness (QED) is 0.733. The maximum absolute atomic E-state index is 12.9. The summed E-state index contributed by atoms with van der Waals surface area (Å²) < 4.78 is 39.4. The molecule has 0 aliphatic rings. The van der Waals surface area contributed by atoms with Crippen molar-refractivity contribution in [1.29, 1.82) is 0 Å². The van der Waals surface area contributed by atoms with Crippen molar-refractivity contribution in [1.82, 2.24) is 0 Å². The zero-order chi connectivity index (χ0) is 14.8. The molecule has 1 nitrogen and oxygen atoms in total. The summed E-state index contributed by atoms with van der Waals surface area (Å²) in [5.41, 5.74) is 0.118. The number of alkyl halides is 3. The fourth-order valence-corrected chi connectivity index (χ4v) is 2.32. The van der Waals surface area contributed by atoms with Crippen molar-refractivity contribution in [3.63, 3.8) is 0 Å². The number of anilines is 1. The Morgan fingerprint density at radius 3 is 2.50 bits per heavy atom. The van der Waals surface area contributed by atoms with Gasteiger partial charge < -0.3 is 5.32 Å². The zero-order valence-electron chi connectivity index (χ0n) is 10.1. The van der Waals surface area contributed by atoms with Crippen LogP contribution in [0.15, 0.2) is 46.9 Å². The predicted molar refractivity (Wildman–Crippen MR) is 77.9 cm³/mol. The monoisotopic (exact) mass is 363 g/mol. The van der Waals surface area contributed by atoms with E-state index >= 15 is 0 Å². The summed E-state index contributed by atoms with van der Waals surface area (Å²) in [5, 5.41) is 3.38. The smallest absolute Gasteiger partial charge is 0.380 e. The molecule has 0 bridgehead atoms. The van der Waals surface area contributed by atoms with Gasteiger partial charge in [0, 0.05) is 11.0 Å². The van der Waals surface area contributed by atoms with Gasteiger partial charge in [0.05, 0.1) is 16.3 Å². The Bertz CT molecular complexity index is 614. The molecule has 2 aromatic rings. The Balaban J connectivity index is 2.21. The second-order valence-corrected chi connectivity index (χ2v) is 5.46. The minimum absolute atomic E-state index is 0.0475. The molecule has 0 amide bonds. The summed E-state index contributed by atoms with van der Waals surface area (Å²) in [5.74, 6) is 0. The summed E-state index contributed by atoms with van der Waals surface area (Å²) in [6, 6.07) is 10.6. The Morgan fingerprint density at radius 2 is 1.80 bits per heavy atom. The Labute approximate surface area is 127 Å². The van der Waals surface area contributed by atoms with Crippen LogP contribution < -0.4 is 5.32 Å². The van der Waals surface area contributed by atoms with Crippen LogP contribution in [-0.4, -0.2) is 0 Å². The average Bonchev–Trinajstić information content (AvgIpc) is 2.39. The van der Waals surface area contributed by atoms with E-state index in [9.17, 15) is 13.2 Å². The maximum atomic E-state index is 12.9. The number of rotatable bonds is 3. The van der Waals surface area contributed by atoms with Gasteiger partial charge in [-0.2, -0.15) is 13.2 Å². The molecular formula is C14H10BrClF3N. The van der Waals surface area contributed by atoms with Gasteiger partial charge in [-0.25, -0.2) is 0 Å². The molecule has 0 radical (unpaired) electrons. The third-order valence-corrected chi connectivity index (χ3v) is 3.54. The Hall–Kier alpha value is -1.20. The molecular weight excluding hydrogens is 355 g/mol. The van der Waals surface area contributed by atoms with Gasteiger partial charge in [0.25, 0.3) is 0 Å². The molecule has 2 aromatic carbocycles. The van der Waals surface area contributed by atoms with Gasteiger partial charge in [-0.15, -0.1) is 0 Å². The molecule has 0 saturated heterocycles. The highest BCUT2D eigenvalue weighted by atomic mass is 79.9. The molecule has 106 valence electrons. The van der Waals surface area contributed by atoms with E-state index in [4.69, 9.17) is 11.6 Å². The van der Waals surface area contributed by atoms with E-state index in [0.29, 0.717) is 10.7 Å². The first kappa shape index (κ1) is 15.2. The topological polar surface area (TPSA) is 12.0 Å². The molecule has 0 atom stereocenters. The number of hydrogen-bond acceptors (Lipinski definition) is 1. The summed E-state index contributed by atoms with van der Waals surface area (Å²) >= 11 is 9.28. The SMILES string of the molecule is FC(F)(F)c1ccccc1CNc1cc(Br)ccc1Cl. The lowest BCUT2D eigenvalue weighted by molar-refractivity contribution is -0.138. The minimum Gasteiger partial charge on any atom is -0.380 e. The normalized spacial score (nSPS) is 11.4. The fraction of sp³-hybridized carbons (Fsp3) is 0.143. The molecule has 0 spiro atoms. The largest absolute Gasteiger partial charge is 0.416 e. The Morgan fingerprint density at radius 1 is 1.10 bits per heavy atom. The molecule has 6 heteroatoms. The fourth-order valence-electron chi connectivity index (χ4n) is 1.77. The van der Waals surface area contributed by atoms with Crippen LogP contribution in [0.1, 0.15) is 11.1 Å². The van der Waals surface area contributed by atoms with Crippen molar-refractivity contribution in [3.05, 3.63) is 63.1 Å². The van der Waals surface area contributed by atoms with Crippen LogP contribution in [0.5, 0.6) is 0 Å². The molecule has 0 aliphatic heterocycles. The highest BCUT2D eigenvalue weighted by Gasteiger charge is 2.32. The van der Waals surface area contributed by atoms with Crippen LogP contribution in [0.2, 0.25) is 5.02 Å². The van der Waals surface area contributed by atoms with Crippen molar-refractivity contribution in [2.45, 2.75) is 12.7 Å². The van der Waals surface area contributed by atoms with Gasteiger partial charge in [-0.3, -0.25) is 0 Å². The predicted octanol–water partition coefficient (Wildman–Crippen LogP) is 5.73. The maximum Gasteiger partial charge on any atom is 0.416 e. The van der Waals surface area contributed by atoms with Gasteiger partial charge in [-0.05, 0) is 29.8 Å². The van der Waals surface area contributed by atoms with Crippen molar-refractivity contribution in [2.24, 2.45) is 0 Å². The number of hydrogen-bond donors (Lipinski definition) is 1. The van der Waals surface area contributed by atoms with E-state index in [1.54, 1.807) is 24.3 Å². The van der Waals surface area contributed by atoms with E-state index in [1.165, 1.54) is 12.1 Å². The summed E-state index contributed by atoms with van der Waals surface area (Å²) in [6.45, 7) is 0.0475. The van der Waals surface area contributed by atoms with E-state index < -0.39 is 11.7 Å². The molecule has 0 saturated carbocycles. The lowest BCUT2D eigenvalue weighted by Gasteiger charge is -2.14. The summed E-state index contributed by atoms with van der Waals surface area (Å²) in [4.78, 5) is 0. The van der Waals surface area contributed by atoms with Gasteiger partial charge in [0.1, 0.15) is 0 Å². The first-order valence-electron chi connectivity index (χ1n) is 5.72. The molecule has 0 fully saturated rings. The van der Waals surface area contributed by atoms with Crippen LogP contribution in [-0.2, 0) is 12.7 Å². The third kappa shape index (κ3) is 3.67. The third-order valence-electron chi connectivity index (χ3n) is 2.72. The van der Waals surface area contributed by atoms with Gasteiger partial charge >= 0.3 is 6.18 Å². The molecule has 0 unspecified atom stereocenters. The van der Waals surface area contributed by atoms with Gasteiger partial charge in [-0.1, -0.05) is 45.7 Å². The zero-order valence-corrected chi connectivity index (χ0v) is 12.5. The van der Waals surface area contributed by atoms with Gasteiger partial charge in [0.15, 0.2) is 0 Å². The first-order valence-corrected chi connectivity index (χ1v) is 6.89. The molecule has 0 aromatic heterocycles. The van der Waals surface area contributed by atoms with Crippen molar-refractivity contribution < 1.29 is 13.2 Å². The van der Waals surface area contributed by atoms with Crippen LogP contribution in [0, 0.1) is 0 Å². The second kappa shape index (κ2) is 6.06. The van der Waals surface area contributed by atoms with Crippen LogP contribution in [0.25, 0.3) is 0 Å².